The Labute approximate surface area is 121 Å². The maximum atomic E-state index is 12.0. The zero-order valence-electron chi connectivity index (χ0n) is 10.5. The van der Waals surface area contributed by atoms with Crippen LogP contribution in [0, 0.1) is 6.92 Å². The van der Waals surface area contributed by atoms with E-state index in [4.69, 9.17) is 11.6 Å². The van der Waals surface area contributed by atoms with Crippen molar-refractivity contribution in [1.82, 2.24) is 9.59 Å². The van der Waals surface area contributed by atoms with Crippen molar-refractivity contribution in [3.8, 4) is 0 Å². The fourth-order valence-corrected chi connectivity index (χ4v) is 2.39. The highest BCUT2D eigenvalue weighted by Gasteiger charge is 2.13. The molecule has 0 radical (unpaired) electrons. The molecule has 0 aliphatic carbocycles. The van der Waals surface area contributed by atoms with E-state index in [0.29, 0.717) is 16.5 Å². The van der Waals surface area contributed by atoms with Crippen molar-refractivity contribution in [3.05, 3.63) is 40.4 Å². The van der Waals surface area contributed by atoms with E-state index >= 15 is 0 Å². The molecule has 0 saturated heterocycles. The van der Waals surface area contributed by atoms with Gasteiger partial charge in [-0.05, 0) is 49.0 Å². The summed E-state index contributed by atoms with van der Waals surface area (Å²) in [5.74, 6) is 0.476. The minimum Gasteiger partial charge on any atom is -0.321 e. The van der Waals surface area contributed by atoms with Crippen LogP contribution in [-0.4, -0.2) is 21.4 Å². The van der Waals surface area contributed by atoms with E-state index in [1.54, 1.807) is 6.92 Å². The van der Waals surface area contributed by atoms with Gasteiger partial charge in [-0.15, -0.1) is 16.7 Å². The molecule has 1 N–H and O–H groups in total. The third-order valence-corrected chi connectivity index (χ3v) is 3.74. The Morgan fingerprint density at radius 2 is 2.32 bits per heavy atom. The van der Waals surface area contributed by atoms with E-state index < -0.39 is 0 Å². The number of hydrogen-bond acceptors (Lipinski definition) is 4. The lowest BCUT2D eigenvalue weighted by atomic mass is 10.1. The van der Waals surface area contributed by atoms with Crippen molar-refractivity contribution in [3.63, 3.8) is 0 Å². The van der Waals surface area contributed by atoms with E-state index in [0.717, 1.165) is 35.6 Å². The summed E-state index contributed by atoms with van der Waals surface area (Å²) in [4.78, 5) is 12.6. The molecular formula is C13H14ClN3OS. The van der Waals surface area contributed by atoms with Gasteiger partial charge in [-0.3, -0.25) is 4.79 Å². The average molecular weight is 296 g/mol. The molecule has 1 aromatic carbocycles. The van der Waals surface area contributed by atoms with Gasteiger partial charge in [-0.1, -0.05) is 16.6 Å². The van der Waals surface area contributed by atoms with Crippen LogP contribution in [0.1, 0.15) is 27.3 Å². The number of alkyl halides is 1. The van der Waals surface area contributed by atoms with Gasteiger partial charge >= 0.3 is 0 Å². The Balaban J connectivity index is 2.07. The second kappa shape index (κ2) is 6.63. The van der Waals surface area contributed by atoms with Crippen molar-refractivity contribution in [2.75, 3.05) is 11.2 Å². The number of anilines is 1. The summed E-state index contributed by atoms with van der Waals surface area (Å²) in [7, 11) is 0. The van der Waals surface area contributed by atoms with Crippen LogP contribution in [-0.2, 0) is 6.42 Å². The summed E-state index contributed by atoms with van der Waals surface area (Å²) < 4.78 is 3.76. The number of rotatable bonds is 5. The van der Waals surface area contributed by atoms with Gasteiger partial charge in [0.15, 0.2) is 0 Å². The highest BCUT2D eigenvalue weighted by molar-refractivity contribution is 7.08. The molecule has 19 heavy (non-hydrogen) atoms. The molecule has 2 aromatic rings. The fourth-order valence-electron chi connectivity index (χ4n) is 1.70. The van der Waals surface area contributed by atoms with E-state index in [-0.39, 0.29) is 5.91 Å². The lowest BCUT2D eigenvalue weighted by Crippen LogP contribution is -2.11. The van der Waals surface area contributed by atoms with Crippen molar-refractivity contribution in [2.45, 2.75) is 19.8 Å². The maximum absolute atomic E-state index is 12.0. The first kappa shape index (κ1) is 14.0. The Bertz CT molecular complexity index is 571. The zero-order chi connectivity index (χ0) is 13.7. The number of nitrogens with one attached hydrogen (secondary N) is 1. The monoisotopic (exact) mass is 295 g/mol. The van der Waals surface area contributed by atoms with Gasteiger partial charge in [0.25, 0.3) is 5.91 Å². The first-order valence-electron chi connectivity index (χ1n) is 5.96. The van der Waals surface area contributed by atoms with Crippen LogP contribution in [0.25, 0.3) is 0 Å². The molecule has 0 saturated carbocycles. The van der Waals surface area contributed by atoms with E-state index in [1.165, 1.54) is 0 Å². The van der Waals surface area contributed by atoms with Crippen LogP contribution in [0.4, 0.5) is 5.69 Å². The van der Waals surface area contributed by atoms with Gasteiger partial charge in [0.05, 0.1) is 5.69 Å². The number of hydrogen-bond donors (Lipinski definition) is 1. The van der Waals surface area contributed by atoms with Crippen LogP contribution in [0.3, 0.4) is 0 Å². The number of amides is 1. The number of aryl methyl sites for hydroxylation is 2. The molecule has 1 aromatic heterocycles. The fraction of sp³-hybridized carbons (Fsp3) is 0.308. The van der Waals surface area contributed by atoms with Crippen molar-refractivity contribution < 1.29 is 4.79 Å². The van der Waals surface area contributed by atoms with Crippen molar-refractivity contribution in [1.29, 1.82) is 0 Å². The largest absolute Gasteiger partial charge is 0.321 e. The number of carbonyl (C=O) groups is 1. The molecule has 0 atom stereocenters. The Morgan fingerprint density at radius 1 is 1.47 bits per heavy atom. The molecule has 4 nitrogen and oxygen atoms in total. The van der Waals surface area contributed by atoms with Crippen LogP contribution >= 0.6 is 23.1 Å². The summed E-state index contributed by atoms with van der Waals surface area (Å²) in [6.07, 6.45) is 1.84. The molecule has 0 aliphatic rings. The van der Waals surface area contributed by atoms with Crippen LogP contribution in [0.5, 0.6) is 0 Å². The highest BCUT2D eigenvalue weighted by Crippen LogP contribution is 2.16. The molecule has 100 valence electrons. The number of halogens is 1. The summed E-state index contributed by atoms with van der Waals surface area (Å²) in [6, 6.07) is 7.79. The molecule has 0 unspecified atom stereocenters. The third-order valence-electron chi connectivity index (χ3n) is 2.64. The topological polar surface area (TPSA) is 54.9 Å². The zero-order valence-corrected chi connectivity index (χ0v) is 12.1. The van der Waals surface area contributed by atoms with Crippen LogP contribution < -0.4 is 5.32 Å². The van der Waals surface area contributed by atoms with E-state index in [2.05, 4.69) is 14.9 Å². The van der Waals surface area contributed by atoms with Gasteiger partial charge in [-0.25, -0.2) is 0 Å². The van der Waals surface area contributed by atoms with Crippen LogP contribution in [0.2, 0.25) is 0 Å². The number of carbonyl (C=O) groups excluding carboxylic acids is 1. The van der Waals surface area contributed by atoms with Crippen LogP contribution in [0.15, 0.2) is 24.3 Å². The first-order chi connectivity index (χ1) is 9.20. The van der Waals surface area contributed by atoms with Crippen molar-refractivity contribution >= 4 is 34.7 Å². The summed E-state index contributed by atoms with van der Waals surface area (Å²) >= 11 is 6.78. The maximum Gasteiger partial charge on any atom is 0.269 e. The smallest absolute Gasteiger partial charge is 0.269 e. The minimum atomic E-state index is -0.165. The molecule has 1 heterocycles. The Hall–Kier alpha value is -1.46. The predicted octanol–water partition coefficient (Wildman–Crippen LogP) is 3.27. The summed E-state index contributed by atoms with van der Waals surface area (Å²) in [5, 5.41) is 6.69. The van der Waals surface area contributed by atoms with Crippen molar-refractivity contribution in [2.24, 2.45) is 0 Å². The lowest BCUT2D eigenvalue weighted by molar-refractivity contribution is 0.103. The standard InChI is InChI=1S/C13H14ClN3OS/c1-9-12(19-17-16-9)13(18)15-11-6-2-4-10(8-11)5-3-7-14/h2,4,6,8H,3,5,7H2,1H3,(H,15,18). The van der Waals surface area contributed by atoms with E-state index in [9.17, 15) is 4.79 Å². The average Bonchev–Trinajstić information content (AvgIpc) is 2.83. The molecule has 0 bridgehead atoms. The Kier molecular flexibility index (Phi) is 4.87. The van der Waals surface area contributed by atoms with Gasteiger partial charge < -0.3 is 5.32 Å². The number of aromatic nitrogens is 2. The second-order valence-corrected chi connectivity index (χ2v) is 5.27. The number of benzene rings is 1. The second-order valence-electron chi connectivity index (χ2n) is 4.13. The Morgan fingerprint density at radius 3 is 3.00 bits per heavy atom. The molecule has 1 amide bonds. The predicted molar refractivity (Wildman–Crippen MR) is 78.1 cm³/mol. The SMILES string of the molecule is Cc1nnsc1C(=O)Nc1cccc(CCCCl)c1. The molecular weight excluding hydrogens is 282 g/mol. The van der Waals surface area contributed by atoms with Gasteiger partial charge in [0.1, 0.15) is 4.88 Å². The lowest BCUT2D eigenvalue weighted by Gasteiger charge is -2.06. The highest BCUT2D eigenvalue weighted by atomic mass is 35.5. The first-order valence-corrected chi connectivity index (χ1v) is 7.26. The summed E-state index contributed by atoms with van der Waals surface area (Å²) in [5.41, 5.74) is 2.60. The normalized spacial score (nSPS) is 10.4. The molecule has 0 aliphatic heterocycles. The van der Waals surface area contributed by atoms with E-state index in [1.807, 2.05) is 24.3 Å². The quantitative estimate of drug-likeness (QED) is 0.861. The van der Waals surface area contributed by atoms with Gasteiger partial charge in [0.2, 0.25) is 0 Å². The molecule has 2 rings (SSSR count). The third kappa shape index (κ3) is 3.75. The number of nitrogens with zero attached hydrogens (tertiary/aromatic N) is 2. The summed E-state index contributed by atoms with van der Waals surface area (Å²) in [6.45, 7) is 1.77. The molecule has 6 heteroatoms. The molecule has 0 fully saturated rings. The van der Waals surface area contributed by atoms with Gasteiger partial charge in [-0.2, -0.15) is 0 Å². The minimum absolute atomic E-state index is 0.165. The van der Waals surface area contributed by atoms with Gasteiger partial charge in [0, 0.05) is 11.6 Å². The molecule has 0 spiro atoms.